The Balaban J connectivity index is 0.00000126. The van der Waals surface area contributed by atoms with E-state index in [1.807, 2.05) is 45.4 Å². The largest absolute Gasteiger partial charge is 0.390 e. The topological polar surface area (TPSA) is 87.1 Å². The highest BCUT2D eigenvalue weighted by molar-refractivity contribution is 7.98. The number of hydrogen-bond acceptors (Lipinski definition) is 6. The van der Waals surface area contributed by atoms with Crippen LogP contribution in [-0.4, -0.2) is 45.6 Å². The number of thioether (sulfide) groups is 1. The average molecular weight is 387 g/mol. The molecule has 0 fully saturated rings. The number of allylic oxidation sites excluding steroid dienone is 2. The Kier molecular flexibility index (Phi) is 7.82. The minimum atomic E-state index is -0.430. The van der Waals surface area contributed by atoms with Crippen LogP contribution in [0.2, 0.25) is 0 Å². The number of hydrogen-bond donors (Lipinski definition) is 3. The minimum Gasteiger partial charge on any atom is -0.390 e. The molecular weight excluding hydrogens is 360 g/mol. The van der Waals surface area contributed by atoms with E-state index in [1.165, 1.54) is 0 Å². The van der Waals surface area contributed by atoms with Crippen LogP contribution in [0, 0.1) is 0 Å². The van der Waals surface area contributed by atoms with Gasteiger partial charge in [0.15, 0.2) is 0 Å². The first-order chi connectivity index (χ1) is 13.1. The summed E-state index contributed by atoms with van der Waals surface area (Å²) in [4.78, 5) is 19.2. The minimum absolute atomic E-state index is 0.0877. The summed E-state index contributed by atoms with van der Waals surface area (Å²) in [7, 11) is 0. The molecule has 3 heterocycles. The van der Waals surface area contributed by atoms with Crippen molar-refractivity contribution in [1.29, 1.82) is 0 Å². The summed E-state index contributed by atoms with van der Waals surface area (Å²) in [5.74, 6) is 1.18. The van der Waals surface area contributed by atoms with Crippen LogP contribution in [-0.2, 0) is 4.79 Å². The Morgan fingerprint density at radius 2 is 2.00 bits per heavy atom. The predicted octanol–water partition coefficient (Wildman–Crippen LogP) is 3.21. The first-order valence-electron chi connectivity index (χ1n) is 8.90. The van der Waals surface area contributed by atoms with Crippen molar-refractivity contribution in [3.63, 3.8) is 0 Å². The highest BCUT2D eigenvalue weighted by Crippen LogP contribution is 2.27. The Morgan fingerprint density at radius 3 is 2.67 bits per heavy atom. The van der Waals surface area contributed by atoms with E-state index >= 15 is 0 Å². The Morgan fingerprint density at radius 1 is 1.30 bits per heavy atom. The summed E-state index contributed by atoms with van der Waals surface area (Å²) in [5.41, 5.74) is 2.90. The molecule has 0 radical (unpaired) electrons. The number of carbonyl (C=O) groups excluding carboxylic acids is 1. The number of fused-ring (bicyclic) bond motifs is 1. The second-order valence-electron chi connectivity index (χ2n) is 5.87. The van der Waals surface area contributed by atoms with E-state index in [-0.39, 0.29) is 6.04 Å². The van der Waals surface area contributed by atoms with E-state index in [2.05, 4.69) is 20.6 Å². The van der Waals surface area contributed by atoms with Crippen molar-refractivity contribution in [1.82, 2.24) is 15.3 Å². The highest BCUT2D eigenvalue weighted by atomic mass is 32.2. The highest BCUT2D eigenvalue weighted by Gasteiger charge is 2.20. The van der Waals surface area contributed by atoms with Gasteiger partial charge in [-0.15, -0.1) is 0 Å². The standard InChI is InChI=1S/C18H20N4O2S.C2H6/c1-11-3-16(17(24)9-25-2)20-8-14(11)15-4-12-7-21-18(22-10-23)5-13(12)6-19-15;1-2/h3-8,10,16-17,20,24H,9H2,1-2H3,(H,21,22,23);1-2H3. The number of dihydropyridines is 1. The van der Waals surface area contributed by atoms with Crippen LogP contribution in [0.5, 0.6) is 0 Å². The number of pyridine rings is 2. The molecule has 6 nitrogen and oxygen atoms in total. The number of aliphatic hydroxyl groups is 1. The lowest BCUT2D eigenvalue weighted by molar-refractivity contribution is -0.105. The fourth-order valence-electron chi connectivity index (χ4n) is 2.80. The zero-order chi connectivity index (χ0) is 19.8. The molecule has 2 atom stereocenters. The first-order valence-corrected chi connectivity index (χ1v) is 10.3. The summed E-state index contributed by atoms with van der Waals surface area (Å²) in [6, 6.07) is 3.66. The van der Waals surface area contributed by atoms with Crippen molar-refractivity contribution < 1.29 is 9.90 Å². The normalized spacial score (nSPS) is 17.0. The molecule has 7 heteroatoms. The lowest BCUT2D eigenvalue weighted by Gasteiger charge is -2.25. The van der Waals surface area contributed by atoms with E-state index in [0.29, 0.717) is 18.0 Å². The molecule has 0 aliphatic carbocycles. The van der Waals surface area contributed by atoms with Crippen molar-refractivity contribution in [2.45, 2.75) is 32.9 Å². The van der Waals surface area contributed by atoms with Gasteiger partial charge in [-0.05, 0) is 30.9 Å². The van der Waals surface area contributed by atoms with E-state index in [0.717, 1.165) is 27.6 Å². The van der Waals surface area contributed by atoms with Gasteiger partial charge < -0.3 is 15.7 Å². The first kappa shape index (κ1) is 20.9. The van der Waals surface area contributed by atoms with Gasteiger partial charge in [0.05, 0.1) is 17.8 Å². The summed E-state index contributed by atoms with van der Waals surface area (Å²) < 4.78 is 0. The van der Waals surface area contributed by atoms with Gasteiger partial charge in [0.2, 0.25) is 6.41 Å². The Bertz CT molecular complexity index is 851. The van der Waals surface area contributed by atoms with Gasteiger partial charge in [-0.3, -0.25) is 9.78 Å². The van der Waals surface area contributed by atoms with Gasteiger partial charge in [0.25, 0.3) is 0 Å². The molecular formula is C20H26N4O2S. The number of rotatable bonds is 6. The number of carbonyl (C=O) groups is 1. The third kappa shape index (κ3) is 5.08. The molecule has 144 valence electrons. The average Bonchev–Trinajstić information content (AvgIpc) is 2.69. The lowest BCUT2D eigenvalue weighted by atomic mass is 9.96. The van der Waals surface area contributed by atoms with Crippen LogP contribution >= 0.6 is 11.8 Å². The van der Waals surface area contributed by atoms with Crippen molar-refractivity contribution in [2.24, 2.45) is 0 Å². The fraction of sp³-hybridized carbons (Fsp3) is 0.350. The summed E-state index contributed by atoms with van der Waals surface area (Å²) >= 11 is 1.62. The molecule has 0 saturated heterocycles. The zero-order valence-corrected chi connectivity index (χ0v) is 16.9. The fourth-order valence-corrected chi connectivity index (χ4v) is 3.35. The maximum atomic E-state index is 10.5. The smallest absolute Gasteiger partial charge is 0.212 e. The lowest BCUT2D eigenvalue weighted by Crippen LogP contribution is -2.39. The molecule has 27 heavy (non-hydrogen) atoms. The molecule has 0 aromatic carbocycles. The van der Waals surface area contributed by atoms with Gasteiger partial charge in [-0.1, -0.05) is 19.9 Å². The van der Waals surface area contributed by atoms with E-state index in [4.69, 9.17) is 0 Å². The summed E-state index contributed by atoms with van der Waals surface area (Å²) in [5, 5.41) is 17.8. The Hall–Kier alpha value is -2.38. The van der Waals surface area contributed by atoms with Gasteiger partial charge in [0.1, 0.15) is 5.82 Å². The monoisotopic (exact) mass is 386 g/mol. The van der Waals surface area contributed by atoms with Crippen LogP contribution in [0.1, 0.15) is 26.5 Å². The van der Waals surface area contributed by atoms with Crippen molar-refractivity contribution in [3.8, 4) is 0 Å². The number of nitrogens with one attached hydrogen (secondary N) is 2. The van der Waals surface area contributed by atoms with Gasteiger partial charge >= 0.3 is 0 Å². The van der Waals surface area contributed by atoms with Gasteiger partial charge in [0, 0.05) is 40.7 Å². The molecule has 1 amide bonds. The molecule has 2 unspecified atom stereocenters. The van der Waals surface area contributed by atoms with Crippen LogP contribution < -0.4 is 10.6 Å². The number of aliphatic hydroxyl groups excluding tert-OH is 1. The molecule has 2 aromatic heterocycles. The zero-order valence-electron chi connectivity index (χ0n) is 16.1. The van der Waals surface area contributed by atoms with Crippen LogP contribution in [0.15, 0.2) is 42.4 Å². The third-order valence-electron chi connectivity index (χ3n) is 4.11. The molecule has 0 saturated carbocycles. The van der Waals surface area contributed by atoms with Crippen molar-refractivity contribution in [3.05, 3.63) is 48.1 Å². The maximum absolute atomic E-state index is 10.5. The summed E-state index contributed by atoms with van der Waals surface area (Å²) in [6.07, 6.45) is 9.58. The molecule has 2 aromatic rings. The number of aromatic nitrogens is 2. The van der Waals surface area contributed by atoms with E-state index in [9.17, 15) is 9.90 Å². The van der Waals surface area contributed by atoms with Crippen LogP contribution in [0.3, 0.4) is 0 Å². The third-order valence-corrected chi connectivity index (χ3v) is 4.79. The second-order valence-corrected chi connectivity index (χ2v) is 6.78. The van der Waals surface area contributed by atoms with Crippen molar-refractivity contribution in [2.75, 3.05) is 17.3 Å². The quantitative estimate of drug-likeness (QED) is 0.661. The molecule has 3 rings (SSSR count). The number of anilines is 1. The van der Waals surface area contributed by atoms with Crippen molar-refractivity contribution >= 4 is 40.3 Å². The number of amides is 1. The summed E-state index contributed by atoms with van der Waals surface area (Å²) in [6.45, 7) is 6.02. The molecule has 3 N–H and O–H groups in total. The molecule has 1 aliphatic rings. The molecule has 1 aliphatic heterocycles. The van der Waals surface area contributed by atoms with Crippen LogP contribution in [0.25, 0.3) is 16.3 Å². The van der Waals surface area contributed by atoms with E-state index < -0.39 is 6.10 Å². The second kappa shape index (κ2) is 10.1. The maximum Gasteiger partial charge on any atom is 0.212 e. The van der Waals surface area contributed by atoms with Gasteiger partial charge in [-0.2, -0.15) is 11.8 Å². The molecule has 0 spiro atoms. The Labute approximate surface area is 164 Å². The SMILES string of the molecule is CC.CSCC(O)C1C=C(C)C(c2cc3cnc(NC=O)cc3cn2)=CN1. The molecule has 0 bridgehead atoms. The van der Waals surface area contributed by atoms with Gasteiger partial charge in [-0.25, -0.2) is 4.98 Å². The van der Waals surface area contributed by atoms with Crippen LogP contribution in [0.4, 0.5) is 5.82 Å². The van der Waals surface area contributed by atoms with E-state index in [1.54, 1.807) is 30.2 Å². The predicted molar refractivity (Wildman–Crippen MR) is 114 cm³/mol. The number of nitrogens with zero attached hydrogens (tertiary/aromatic N) is 2.